The first-order chi connectivity index (χ1) is 12.1. The third-order valence-corrected chi connectivity index (χ3v) is 4.14. The molecule has 0 saturated carbocycles. The predicted molar refractivity (Wildman–Crippen MR) is 101 cm³/mol. The van der Waals surface area contributed by atoms with Crippen molar-refractivity contribution in [2.24, 2.45) is 0 Å². The van der Waals surface area contributed by atoms with Crippen LogP contribution in [0.15, 0.2) is 30.3 Å². The number of methoxy groups -OCH3 is 1. The maximum absolute atomic E-state index is 11.1. The van der Waals surface area contributed by atoms with Gasteiger partial charge in [-0.25, -0.2) is 0 Å². The number of hydrogen-bond acceptors (Lipinski definition) is 4. The van der Waals surface area contributed by atoms with Crippen LogP contribution in [-0.2, 0) is 108 Å². The van der Waals surface area contributed by atoms with Crippen LogP contribution in [0, 0.1) is 6.42 Å². The van der Waals surface area contributed by atoms with Crippen molar-refractivity contribution >= 4 is 12.0 Å². The second kappa shape index (κ2) is 21.8. The Morgan fingerprint density at radius 1 is 1.14 bits per heavy atom. The van der Waals surface area contributed by atoms with Crippen LogP contribution in [-0.4, -0.2) is 35.5 Å². The molecule has 2 N–H and O–H groups in total. The summed E-state index contributed by atoms with van der Waals surface area (Å²) in [7, 11) is 1.34. The Bertz CT molecular complexity index is 538. The molecule has 0 fully saturated rings. The van der Waals surface area contributed by atoms with Gasteiger partial charge in [0.05, 0.1) is 19.3 Å². The number of carbonyl (C=O) groups is 1. The monoisotopic (exact) mass is 614 g/mol. The van der Waals surface area contributed by atoms with Gasteiger partial charge in [-0.05, 0) is 12.8 Å². The van der Waals surface area contributed by atoms with Crippen molar-refractivity contribution < 1.29 is 118 Å². The molecule has 1 rings (SSSR count). The molecule has 1 aromatic carbocycles. The second-order valence-corrected chi connectivity index (χ2v) is 6.21. The number of ether oxygens (including phenoxy) is 1. The number of carbonyl (C=O) groups excluding carboxylic acids is 1. The Labute approximate surface area is 245 Å². The summed E-state index contributed by atoms with van der Waals surface area (Å²) >= 11 is 0. The van der Waals surface area contributed by atoms with E-state index < -0.39 is 12.2 Å². The Morgan fingerprint density at radius 3 is 2.46 bits per heavy atom. The summed E-state index contributed by atoms with van der Waals surface area (Å²) < 4.78 is 4.56. The van der Waals surface area contributed by atoms with E-state index in [0.29, 0.717) is 12.8 Å². The van der Waals surface area contributed by atoms with E-state index in [1.54, 1.807) is 6.08 Å². The van der Waals surface area contributed by atoms with Crippen molar-refractivity contribution in [1.82, 2.24) is 0 Å². The SMILES string of the molecule is CCCCC[CH-]c1ccccc1/C=C/C(O)C(O)CCCC(=O)OC.[Y].[Y].[Y]. The Morgan fingerprint density at radius 2 is 1.82 bits per heavy atom. The number of aliphatic hydroxyl groups excluding tert-OH is 2. The second-order valence-electron chi connectivity index (χ2n) is 6.21. The summed E-state index contributed by atoms with van der Waals surface area (Å²) in [6.45, 7) is 2.19. The normalized spacial score (nSPS) is 12.1. The fraction of sp³-hybridized carbons (Fsp3) is 0.524. The number of rotatable bonds is 12. The molecule has 0 heterocycles. The first kappa shape index (κ1) is 34.2. The van der Waals surface area contributed by atoms with Gasteiger partial charge in [0.25, 0.3) is 0 Å². The van der Waals surface area contributed by atoms with E-state index in [-0.39, 0.29) is 111 Å². The van der Waals surface area contributed by atoms with Crippen molar-refractivity contribution in [1.29, 1.82) is 0 Å². The van der Waals surface area contributed by atoms with Crippen LogP contribution in [0.2, 0.25) is 0 Å². The summed E-state index contributed by atoms with van der Waals surface area (Å²) in [5, 5.41) is 20.1. The molecule has 28 heavy (non-hydrogen) atoms. The minimum atomic E-state index is -0.953. The molecule has 0 aliphatic carbocycles. The molecular weight excluding hydrogens is 583 g/mol. The summed E-state index contributed by atoms with van der Waals surface area (Å²) in [4.78, 5) is 11.1. The summed E-state index contributed by atoms with van der Waals surface area (Å²) in [6.07, 6.45) is 9.57. The molecule has 3 radical (unpaired) electrons. The molecule has 0 spiro atoms. The van der Waals surface area contributed by atoms with Gasteiger partial charge < -0.3 is 14.9 Å². The topological polar surface area (TPSA) is 66.8 Å². The average Bonchev–Trinajstić information content (AvgIpc) is 2.63. The van der Waals surface area contributed by atoms with Gasteiger partial charge in [0, 0.05) is 105 Å². The molecule has 0 aliphatic heterocycles. The van der Waals surface area contributed by atoms with Crippen LogP contribution in [0.4, 0.5) is 0 Å². The van der Waals surface area contributed by atoms with Crippen LogP contribution in [0.5, 0.6) is 0 Å². The zero-order valence-corrected chi connectivity index (χ0v) is 25.6. The molecule has 7 heteroatoms. The zero-order valence-electron chi connectivity index (χ0n) is 17.1. The van der Waals surface area contributed by atoms with Crippen LogP contribution in [0.1, 0.15) is 63.0 Å². The number of unbranched alkanes of at least 4 members (excludes halogenated alkanes) is 3. The van der Waals surface area contributed by atoms with E-state index in [2.05, 4.69) is 24.1 Å². The van der Waals surface area contributed by atoms with Crippen LogP contribution >= 0.6 is 0 Å². The number of hydrogen-bond donors (Lipinski definition) is 2. The Kier molecular flexibility index (Phi) is 26.5. The number of aliphatic hydroxyl groups is 2. The number of benzene rings is 1. The summed E-state index contributed by atoms with van der Waals surface area (Å²) in [6, 6.07) is 8.02. The zero-order chi connectivity index (χ0) is 18.5. The van der Waals surface area contributed by atoms with Crippen molar-refractivity contribution in [2.75, 3.05) is 7.11 Å². The molecular formula is C21H31O4Y3-. The minimum Gasteiger partial charge on any atom is -0.469 e. The van der Waals surface area contributed by atoms with Gasteiger partial charge in [0.1, 0.15) is 0 Å². The van der Waals surface area contributed by atoms with Gasteiger partial charge in [0.2, 0.25) is 0 Å². The molecule has 0 aliphatic rings. The molecule has 0 amide bonds. The van der Waals surface area contributed by atoms with Crippen LogP contribution in [0.3, 0.4) is 0 Å². The van der Waals surface area contributed by atoms with Gasteiger partial charge in [0.15, 0.2) is 0 Å². The smallest absolute Gasteiger partial charge is 0.305 e. The molecule has 4 nitrogen and oxygen atoms in total. The fourth-order valence-electron chi connectivity index (χ4n) is 2.56. The Balaban J connectivity index is -0.00000208. The standard InChI is InChI=1S/C21H31O4.3Y/c1-3-4-5-6-10-17-11-7-8-12-18(17)15-16-20(23)19(22)13-9-14-21(24)25-2;;;/h7-8,10-12,15-16,19-20,22-23H,3-6,9,13-14H2,1-2H3;;;/q-1;;;/b16-15+;;;. The Hall–Kier alpha value is 1.53. The molecule has 0 bridgehead atoms. The molecule has 149 valence electrons. The van der Waals surface area contributed by atoms with Crippen molar-refractivity contribution in [3.05, 3.63) is 47.9 Å². The first-order valence-corrected chi connectivity index (χ1v) is 9.11. The first-order valence-electron chi connectivity index (χ1n) is 9.11. The fourth-order valence-corrected chi connectivity index (χ4v) is 2.56. The van der Waals surface area contributed by atoms with Gasteiger partial charge in [-0.15, -0.1) is 23.8 Å². The maximum Gasteiger partial charge on any atom is 0.305 e. The maximum atomic E-state index is 11.1. The van der Waals surface area contributed by atoms with E-state index in [4.69, 9.17) is 0 Å². The van der Waals surface area contributed by atoms with E-state index in [1.165, 1.54) is 26.4 Å². The van der Waals surface area contributed by atoms with Crippen molar-refractivity contribution in [3.63, 3.8) is 0 Å². The van der Waals surface area contributed by atoms with Gasteiger partial charge in [-0.1, -0.05) is 44.7 Å². The van der Waals surface area contributed by atoms with E-state index in [0.717, 1.165) is 17.5 Å². The van der Waals surface area contributed by atoms with E-state index in [1.807, 2.05) is 24.3 Å². The third kappa shape index (κ3) is 15.4. The quantitative estimate of drug-likeness (QED) is 0.213. The van der Waals surface area contributed by atoms with E-state index in [9.17, 15) is 15.0 Å². The van der Waals surface area contributed by atoms with Crippen LogP contribution < -0.4 is 0 Å². The van der Waals surface area contributed by atoms with Gasteiger partial charge >= 0.3 is 5.97 Å². The van der Waals surface area contributed by atoms with Gasteiger partial charge in [-0.2, -0.15) is 18.1 Å². The predicted octanol–water partition coefficient (Wildman–Crippen LogP) is 3.89. The van der Waals surface area contributed by atoms with Gasteiger partial charge in [-0.3, -0.25) is 4.79 Å². The molecule has 0 saturated heterocycles. The third-order valence-electron chi connectivity index (χ3n) is 4.14. The van der Waals surface area contributed by atoms with Crippen molar-refractivity contribution in [3.8, 4) is 0 Å². The van der Waals surface area contributed by atoms with Crippen LogP contribution in [0.25, 0.3) is 6.08 Å². The minimum absolute atomic E-state index is 0. The molecule has 2 atom stereocenters. The van der Waals surface area contributed by atoms with Crippen molar-refractivity contribution in [2.45, 2.75) is 64.1 Å². The largest absolute Gasteiger partial charge is 0.469 e. The molecule has 2 unspecified atom stereocenters. The van der Waals surface area contributed by atoms with E-state index >= 15 is 0 Å². The summed E-state index contributed by atoms with van der Waals surface area (Å²) in [5.41, 5.74) is 2.17. The summed E-state index contributed by atoms with van der Waals surface area (Å²) in [5.74, 6) is -0.301. The average molecular weight is 614 g/mol. The number of esters is 1. The molecule has 0 aromatic heterocycles. The molecule has 1 aromatic rings.